The molecule has 0 saturated carbocycles. The van der Waals surface area contributed by atoms with Gasteiger partial charge in [-0.15, -0.1) is 0 Å². The van der Waals surface area contributed by atoms with Gasteiger partial charge in [0.25, 0.3) is 5.56 Å². The summed E-state index contributed by atoms with van der Waals surface area (Å²) < 4.78 is 6.52. The third-order valence-electron chi connectivity index (χ3n) is 4.21. The number of carbonyl (C=O) groups is 1. The third kappa shape index (κ3) is 3.74. The molecule has 0 aliphatic carbocycles. The Morgan fingerprint density at radius 3 is 2.33 bits per heavy atom. The Morgan fingerprint density at radius 2 is 1.78 bits per heavy atom. The van der Waals surface area contributed by atoms with Crippen molar-refractivity contribution in [2.75, 3.05) is 12.4 Å². The van der Waals surface area contributed by atoms with Crippen LogP contribution in [-0.2, 0) is 6.54 Å². The van der Waals surface area contributed by atoms with Crippen molar-refractivity contribution in [3.63, 3.8) is 0 Å². The number of hydrogen-bond donors (Lipinski definition) is 1. The lowest BCUT2D eigenvalue weighted by molar-refractivity contribution is 0.101. The summed E-state index contributed by atoms with van der Waals surface area (Å²) in [4.78, 5) is 25.4. The fourth-order valence-corrected chi connectivity index (χ4v) is 2.86. The van der Waals surface area contributed by atoms with E-state index in [9.17, 15) is 9.59 Å². The second kappa shape index (κ2) is 7.86. The lowest BCUT2D eigenvalue weighted by atomic mass is 10.0. The van der Waals surface area contributed by atoms with Gasteiger partial charge in [0, 0.05) is 17.8 Å². The molecule has 2 aromatic carbocycles. The van der Waals surface area contributed by atoms with E-state index in [1.807, 2.05) is 37.3 Å². The lowest BCUT2D eigenvalue weighted by Crippen LogP contribution is -2.28. The minimum absolute atomic E-state index is 0.224. The summed E-state index contributed by atoms with van der Waals surface area (Å²) in [6.07, 6.45) is 0. The van der Waals surface area contributed by atoms with E-state index in [-0.39, 0.29) is 22.6 Å². The molecule has 0 saturated heterocycles. The molecule has 27 heavy (non-hydrogen) atoms. The smallest absolute Gasteiger partial charge is 0.291 e. The molecule has 0 radical (unpaired) electrons. The van der Waals surface area contributed by atoms with E-state index in [0.717, 1.165) is 5.56 Å². The van der Waals surface area contributed by atoms with Gasteiger partial charge in [0.1, 0.15) is 17.1 Å². The van der Waals surface area contributed by atoms with Crippen LogP contribution in [0.2, 0.25) is 0 Å². The van der Waals surface area contributed by atoms with E-state index < -0.39 is 0 Å². The summed E-state index contributed by atoms with van der Waals surface area (Å²) in [6, 6.07) is 16.5. The number of aromatic nitrogens is 2. The number of rotatable bonds is 6. The number of nitrogens with zero attached hydrogens (tertiary/aromatic N) is 2. The SMILES string of the molecule is CCn1nc(-c2ccccc2)c(C(C)=O)c(Nc2ccc(OC)cc2)c1=O. The second-order valence-electron chi connectivity index (χ2n) is 6.00. The highest BCUT2D eigenvalue weighted by Gasteiger charge is 2.21. The van der Waals surface area contributed by atoms with Crippen LogP contribution in [0.5, 0.6) is 5.75 Å². The van der Waals surface area contributed by atoms with Crippen molar-refractivity contribution in [3.05, 3.63) is 70.5 Å². The average molecular weight is 363 g/mol. The Balaban J connectivity index is 2.21. The van der Waals surface area contributed by atoms with E-state index in [2.05, 4.69) is 10.4 Å². The predicted molar refractivity (Wildman–Crippen MR) is 106 cm³/mol. The Morgan fingerprint density at radius 1 is 1.11 bits per heavy atom. The van der Waals surface area contributed by atoms with Crippen molar-refractivity contribution in [1.29, 1.82) is 0 Å². The zero-order valence-electron chi connectivity index (χ0n) is 15.5. The van der Waals surface area contributed by atoms with Crippen LogP contribution in [0.3, 0.4) is 0 Å². The zero-order chi connectivity index (χ0) is 19.4. The average Bonchev–Trinajstić information content (AvgIpc) is 2.70. The fraction of sp³-hybridized carbons (Fsp3) is 0.190. The van der Waals surface area contributed by atoms with Crippen LogP contribution in [0.1, 0.15) is 24.2 Å². The van der Waals surface area contributed by atoms with E-state index in [1.165, 1.54) is 11.6 Å². The number of anilines is 2. The number of ether oxygens (including phenoxy) is 1. The van der Waals surface area contributed by atoms with Gasteiger partial charge in [0.2, 0.25) is 0 Å². The highest BCUT2D eigenvalue weighted by Crippen LogP contribution is 2.28. The van der Waals surface area contributed by atoms with Gasteiger partial charge in [-0.05, 0) is 38.1 Å². The zero-order valence-corrected chi connectivity index (χ0v) is 15.5. The molecule has 0 bridgehead atoms. The first-order chi connectivity index (χ1) is 13.0. The first-order valence-electron chi connectivity index (χ1n) is 8.67. The second-order valence-corrected chi connectivity index (χ2v) is 6.00. The van der Waals surface area contributed by atoms with E-state index in [0.29, 0.717) is 23.7 Å². The Hall–Kier alpha value is -3.41. The molecule has 0 aliphatic rings. The summed E-state index contributed by atoms with van der Waals surface area (Å²) >= 11 is 0. The number of aryl methyl sites for hydroxylation is 1. The highest BCUT2D eigenvalue weighted by atomic mass is 16.5. The van der Waals surface area contributed by atoms with Crippen molar-refractivity contribution in [1.82, 2.24) is 9.78 Å². The monoisotopic (exact) mass is 363 g/mol. The van der Waals surface area contributed by atoms with Gasteiger partial charge in [-0.3, -0.25) is 9.59 Å². The summed E-state index contributed by atoms with van der Waals surface area (Å²) in [5, 5.41) is 7.54. The van der Waals surface area contributed by atoms with E-state index in [4.69, 9.17) is 4.74 Å². The standard InChI is InChI=1S/C21H21N3O3/c1-4-24-21(26)20(22-16-10-12-17(27-3)13-11-16)18(14(2)25)19(23-24)15-8-6-5-7-9-15/h5-13,22H,4H2,1-3H3. The molecule has 6 nitrogen and oxygen atoms in total. The van der Waals surface area contributed by atoms with Gasteiger partial charge in [0.05, 0.1) is 12.7 Å². The maximum atomic E-state index is 12.9. The molecule has 138 valence electrons. The minimum atomic E-state index is -0.335. The first-order valence-corrected chi connectivity index (χ1v) is 8.67. The quantitative estimate of drug-likeness (QED) is 0.673. The number of carbonyl (C=O) groups excluding carboxylic acids is 1. The van der Waals surface area contributed by atoms with Crippen LogP contribution in [0.4, 0.5) is 11.4 Å². The maximum absolute atomic E-state index is 12.9. The van der Waals surface area contributed by atoms with Crippen LogP contribution in [0.25, 0.3) is 11.3 Å². The van der Waals surface area contributed by atoms with Crippen molar-refractivity contribution < 1.29 is 9.53 Å². The van der Waals surface area contributed by atoms with E-state index in [1.54, 1.807) is 31.4 Å². The fourth-order valence-electron chi connectivity index (χ4n) is 2.86. The van der Waals surface area contributed by atoms with Gasteiger partial charge in [-0.1, -0.05) is 30.3 Å². The molecule has 0 spiro atoms. The molecular formula is C21H21N3O3. The van der Waals surface area contributed by atoms with Crippen LogP contribution in [0, 0.1) is 0 Å². The van der Waals surface area contributed by atoms with Crippen LogP contribution in [0.15, 0.2) is 59.4 Å². The molecule has 0 fully saturated rings. The Labute approximate surface area is 157 Å². The van der Waals surface area contributed by atoms with Gasteiger partial charge in [-0.25, -0.2) is 4.68 Å². The summed E-state index contributed by atoms with van der Waals surface area (Å²) in [5.74, 6) is 0.482. The molecule has 6 heteroatoms. The molecular weight excluding hydrogens is 342 g/mol. The normalized spacial score (nSPS) is 10.5. The highest BCUT2D eigenvalue weighted by molar-refractivity contribution is 6.05. The number of hydrogen-bond acceptors (Lipinski definition) is 5. The number of ketones is 1. The van der Waals surface area contributed by atoms with Crippen LogP contribution < -0.4 is 15.6 Å². The Bertz CT molecular complexity index is 1010. The topological polar surface area (TPSA) is 73.2 Å². The molecule has 1 N–H and O–H groups in total. The molecule has 0 atom stereocenters. The Kier molecular flexibility index (Phi) is 5.35. The van der Waals surface area contributed by atoms with Crippen molar-refractivity contribution in [2.24, 2.45) is 0 Å². The summed E-state index contributed by atoms with van der Waals surface area (Å²) in [7, 11) is 1.59. The van der Waals surface area contributed by atoms with Crippen molar-refractivity contribution >= 4 is 17.2 Å². The van der Waals surface area contributed by atoms with Gasteiger partial charge in [-0.2, -0.15) is 5.10 Å². The lowest BCUT2D eigenvalue weighted by Gasteiger charge is -2.16. The van der Waals surface area contributed by atoms with Crippen molar-refractivity contribution in [3.8, 4) is 17.0 Å². The number of nitrogens with one attached hydrogen (secondary N) is 1. The molecule has 0 aliphatic heterocycles. The number of Topliss-reactive ketones (excluding diaryl/α,β-unsaturated/α-hetero) is 1. The van der Waals surface area contributed by atoms with Gasteiger partial charge >= 0.3 is 0 Å². The minimum Gasteiger partial charge on any atom is -0.497 e. The maximum Gasteiger partial charge on any atom is 0.291 e. The van der Waals surface area contributed by atoms with E-state index >= 15 is 0 Å². The first kappa shape index (κ1) is 18.4. The molecule has 0 amide bonds. The van der Waals surface area contributed by atoms with Crippen LogP contribution >= 0.6 is 0 Å². The number of benzene rings is 2. The molecule has 1 heterocycles. The largest absolute Gasteiger partial charge is 0.497 e. The number of methoxy groups -OCH3 is 1. The predicted octanol–water partition coefficient (Wildman–Crippen LogP) is 3.89. The molecule has 0 unspecified atom stereocenters. The molecule has 3 aromatic rings. The van der Waals surface area contributed by atoms with Gasteiger partial charge < -0.3 is 10.1 Å². The molecule has 3 rings (SSSR count). The summed E-state index contributed by atoms with van der Waals surface area (Å²) in [5.41, 5.74) is 2.12. The third-order valence-corrected chi connectivity index (χ3v) is 4.21. The summed E-state index contributed by atoms with van der Waals surface area (Å²) in [6.45, 7) is 3.68. The van der Waals surface area contributed by atoms with Crippen LogP contribution in [-0.4, -0.2) is 22.7 Å². The van der Waals surface area contributed by atoms with Crippen molar-refractivity contribution in [2.45, 2.75) is 20.4 Å². The molecule has 1 aromatic heterocycles. The van der Waals surface area contributed by atoms with Gasteiger partial charge in [0.15, 0.2) is 5.78 Å².